The van der Waals surface area contributed by atoms with Gasteiger partial charge in [-0.1, -0.05) is 29.8 Å². The number of nitro groups is 1. The highest BCUT2D eigenvalue weighted by molar-refractivity contribution is 5.57. The average Bonchev–Trinajstić information content (AvgIpc) is 2.66. The summed E-state index contributed by atoms with van der Waals surface area (Å²) in [4.78, 5) is 19.3. The molecule has 1 fully saturated rings. The number of benzene rings is 1. The Hall–Kier alpha value is -2.74. The van der Waals surface area contributed by atoms with Crippen molar-refractivity contribution < 1.29 is 4.92 Å². The lowest BCUT2D eigenvalue weighted by atomic mass is 9.86. The molecule has 0 unspecified atom stereocenters. The third-order valence-corrected chi connectivity index (χ3v) is 4.95. The Kier molecular flexibility index (Phi) is 6.18. The molecule has 2 aromatic rings. The first-order valence-corrected chi connectivity index (χ1v) is 9.31. The number of hydrogen-bond donors (Lipinski definition) is 3. The van der Waals surface area contributed by atoms with Crippen LogP contribution in [-0.4, -0.2) is 27.5 Å². The van der Waals surface area contributed by atoms with Crippen molar-refractivity contribution in [1.82, 2.24) is 9.97 Å². The Morgan fingerprint density at radius 1 is 1.26 bits per heavy atom. The molecule has 0 aliphatic heterocycles. The predicted molar refractivity (Wildman–Crippen MR) is 106 cm³/mol. The average molecular weight is 370 g/mol. The second-order valence-corrected chi connectivity index (χ2v) is 7.19. The van der Waals surface area contributed by atoms with Crippen LogP contribution in [0.4, 0.5) is 17.5 Å². The van der Waals surface area contributed by atoms with E-state index < -0.39 is 4.92 Å². The van der Waals surface area contributed by atoms with E-state index in [0.717, 1.165) is 31.2 Å². The number of hydrogen-bond acceptors (Lipinski definition) is 7. The highest BCUT2D eigenvalue weighted by Gasteiger charge is 2.21. The van der Waals surface area contributed by atoms with Gasteiger partial charge < -0.3 is 16.4 Å². The van der Waals surface area contributed by atoms with Crippen LogP contribution >= 0.6 is 0 Å². The van der Waals surface area contributed by atoms with E-state index >= 15 is 0 Å². The zero-order valence-electron chi connectivity index (χ0n) is 15.5. The first-order valence-electron chi connectivity index (χ1n) is 9.31. The minimum Gasteiger partial charge on any atom is -0.364 e. The molecule has 1 aromatic heterocycles. The van der Waals surface area contributed by atoms with Crippen molar-refractivity contribution in [3.8, 4) is 0 Å². The molecular formula is C19H26N6O2. The molecule has 3 rings (SSSR count). The molecule has 0 atom stereocenters. The smallest absolute Gasteiger partial charge is 0.329 e. The van der Waals surface area contributed by atoms with Crippen molar-refractivity contribution in [2.75, 3.05) is 17.2 Å². The van der Waals surface area contributed by atoms with Crippen molar-refractivity contribution in [3.05, 3.63) is 51.7 Å². The molecule has 0 radical (unpaired) electrons. The molecule has 1 heterocycles. The zero-order valence-corrected chi connectivity index (χ0v) is 15.5. The zero-order chi connectivity index (χ0) is 19.2. The van der Waals surface area contributed by atoms with Crippen LogP contribution in [0.3, 0.4) is 0 Å². The molecule has 0 bridgehead atoms. The summed E-state index contributed by atoms with van der Waals surface area (Å²) in [5, 5.41) is 17.6. The molecule has 1 aliphatic carbocycles. The molecule has 1 aliphatic rings. The van der Waals surface area contributed by atoms with E-state index in [0.29, 0.717) is 25.0 Å². The Balaban J connectivity index is 1.65. The maximum Gasteiger partial charge on any atom is 0.329 e. The Bertz CT molecular complexity index is 790. The number of anilines is 2. The number of nitrogens with two attached hydrogens (primary N) is 1. The van der Waals surface area contributed by atoms with Gasteiger partial charge in [-0.25, -0.2) is 4.98 Å². The number of rotatable bonds is 7. The lowest BCUT2D eigenvalue weighted by Crippen LogP contribution is -2.29. The van der Waals surface area contributed by atoms with Gasteiger partial charge in [0.05, 0.1) is 4.92 Å². The molecule has 1 saturated carbocycles. The summed E-state index contributed by atoms with van der Waals surface area (Å²) in [6, 6.07) is 8.40. The van der Waals surface area contributed by atoms with Crippen LogP contribution in [0.25, 0.3) is 0 Å². The molecule has 4 N–H and O–H groups in total. The van der Waals surface area contributed by atoms with E-state index in [1.807, 2.05) is 25.1 Å². The van der Waals surface area contributed by atoms with Gasteiger partial charge in [0.25, 0.3) is 0 Å². The molecular weight excluding hydrogens is 344 g/mol. The van der Waals surface area contributed by atoms with E-state index in [1.165, 1.54) is 11.8 Å². The maximum atomic E-state index is 11.3. The Morgan fingerprint density at radius 3 is 2.74 bits per heavy atom. The SMILES string of the molecule is Cc1cccc(CNc2ncc([N+](=O)[O-])c(NCC3CCC(N)CC3)n2)c1. The predicted octanol–water partition coefficient (Wildman–Crippen LogP) is 3.23. The number of aryl methyl sites for hydroxylation is 1. The number of nitrogens with one attached hydrogen (secondary N) is 2. The van der Waals surface area contributed by atoms with Crippen LogP contribution < -0.4 is 16.4 Å². The van der Waals surface area contributed by atoms with Crippen molar-refractivity contribution >= 4 is 17.5 Å². The lowest BCUT2D eigenvalue weighted by molar-refractivity contribution is -0.384. The van der Waals surface area contributed by atoms with E-state index in [-0.39, 0.29) is 17.5 Å². The van der Waals surface area contributed by atoms with Gasteiger partial charge >= 0.3 is 5.69 Å². The molecule has 0 spiro atoms. The normalized spacial score (nSPS) is 19.5. The molecule has 0 saturated heterocycles. The molecule has 8 nitrogen and oxygen atoms in total. The van der Waals surface area contributed by atoms with Crippen molar-refractivity contribution in [2.45, 2.75) is 45.2 Å². The number of nitrogens with zero attached hydrogens (tertiary/aromatic N) is 3. The molecule has 8 heteroatoms. The van der Waals surface area contributed by atoms with Crippen LogP contribution in [0, 0.1) is 23.0 Å². The van der Waals surface area contributed by atoms with Crippen LogP contribution in [0.15, 0.2) is 30.5 Å². The first-order chi connectivity index (χ1) is 13.0. The van der Waals surface area contributed by atoms with Crippen LogP contribution in [0.1, 0.15) is 36.8 Å². The first kappa shape index (κ1) is 19.0. The summed E-state index contributed by atoms with van der Waals surface area (Å²) < 4.78 is 0. The summed E-state index contributed by atoms with van der Waals surface area (Å²) >= 11 is 0. The van der Waals surface area contributed by atoms with Gasteiger partial charge in [0.15, 0.2) is 0 Å². The topological polar surface area (TPSA) is 119 Å². The van der Waals surface area contributed by atoms with Gasteiger partial charge in [0, 0.05) is 19.1 Å². The van der Waals surface area contributed by atoms with E-state index in [9.17, 15) is 10.1 Å². The molecule has 144 valence electrons. The van der Waals surface area contributed by atoms with E-state index in [4.69, 9.17) is 5.73 Å². The van der Waals surface area contributed by atoms with E-state index in [2.05, 4.69) is 26.7 Å². The lowest BCUT2D eigenvalue weighted by Gasteiger charge is -2.26. The summed E-state index contributed by atoms with van der Waals surface area (Å²) in [5.41, 5.74) is 8.11. The van der Waals surface area contributed by atoms with Gasteiger partial charge in [-0.05, 0) is 44.1 Å². The third-order valence-electron chi connectivity index (χ3n) is 4.95. The number of aromatic nitrogens is 2. The van der Waals surface area contributed by atoms with Gasteiger partial charge in [-0.15, -0.1) is 0 Å². The monoisotopic (exact) mass is 370 g/mol. The van der Waals surface area contributed by atoms with Gasteiger partial charge in [-0.3, -0.25) is 10.1 Å². The third kappa shape index (κ3) is 5.37. The fourth-order valence-electron chi connectivity index (χ4n) is 3.36. The van der Waals surface area contributed by atoms with Crippen LogP contribution in [0.2, 0.25) is 0 Å². The second-order valence-electron chi connectivity index (χ2n) is 7.19. The largest absolute Gasteiger partial charge is 0.364 e. The van der Waals surface area contributed by atoms with Crippen LogP contribution in [-0.2, 0) is 6.54 Å². The highest BCUT2D eigenvalue weighted by atomic mass is 16.6. The van der Waals surface area contributed by atoms with Gasteiger partial charge in [0.1, 0.15) is 6.20 Å². The summed E-state index contributed by atoms with van der Waals surface area (Å²) in [6.45, 7) is 3.24. The fourth-order valence-corrected chi connectivity index (χ4v) is 3.36. The van der Waals surface area contributed by atoms with E-state index in [1.54, 1.807) is 0 Å². The standard InChI is InChI=1S/C19H26N6O2/c1-13-3-2-4-15(9-13)11-22-19-23-12-17(25(26)27)18(24-19)21-10-14-5-7-16(20)8-6-14/h2-4,9,12,14,16H,5-8,10-11,20H2,1H3,(H2,21,22,23,24). The summed E-state index contributed by atoms with van der Waals surface area (Å²) in [5.74, 6) is 1.09. The Morgan fingerprint density at radius 2 is 2.04 bits per heavy atom. The summed E-state index contributed by atoms with van der Waals surface area (Å²) in [7, 11) is 0. The minimum atomic E-state index is -0.455. The van der Waals surface area contributed by atoms with Crippen molar-refractivity contribution in [2.24, 2.45) is 11.7 Å². The minimum absolute atomic E-state index is 0.108. The van der Waals surface area contributed by atoms with Gasteiger partial charge in [-0.2, -0.15) is 4.98 Å². The van der Waals surface area contributed by atoms with Crippen molar-refractivity contribution in [3.63, 3.8) is 0 Å². The maximum absolute atomic E-state index is 11.3. The molecule has 27 heavy (non-hydrogen) atoms. The summed E-state index contributed by atoms with van der Waals surface area (Å²) in [6.07, 6.45) is 5.32. The molecule has 1 aromatic carbocycles. The fraction of sp³-hybridized carbons (Fsp3) is 0.474. The molecule has 0 amide bonds. The van der Waals surface area contributed by atoms with Crippen molar-refractivity contribution in [1.29, 1.82) is 0 Å². The highest BCUT2D eigenvalue weighted by Crippen LogP contribution is 2.26. The quantitative estimate of drug-likeness (QED) is 0.505. The van der Waals surface area contributed by atoms with Crippen LogP contribution in [0.5, 0.6) is 0 Å². The second kappa shape index (κ2) is 8.77. The van der Waals surface area contributed by atoms with Gasteiger partial charge in [0.2, 0.25) is 11.8 Å². The Labute approximate surface area is 158 Å².